The summed E-state index contributed by atoms with van der Waals surface area (Å²) in [7, 11) is 4.20. The van der Waals surface area contributed by atoms with Crippen LogP contribution in [0, 0.1) is 0 Å². The Bertz CT molecular complexity index is 503. The van der Waals surface area contributed by atoms with Crippen molar-refractivity contribution in [1.82, 2.24) is 24.9 Å². The van der Waals surface area contributed by atoms with E-state index < -0.39 is 0 Å². The molecule has 3 heterocycles. The number of hydrogen-bond acceptors (Lipinski definition) is 6. The van der Waals surface area contributed by atoms with Gasteiger partial charge in [0.1, 0.15) is 0 Å². The molecular weight excluding hydrogens is 280 g/mol. The second kappa shape index (κ2) is 6.58. The summed E-state index contributed by atoms with van der Waals surface area (Å²) in [4.78, 5) is 21.0. The van der Waals surface area contributed by atoms with Crippen LogP contribution in [0.1, 0.15) is 10.5 Å². The van der Waals surface area contributed by atoms with Gasteiger partial charge < -0.3 is 19.6 Å². The van der Waals surface area contributed by atoms with Gasteiger partial charge in [-0.3, -0.25) is 4.79 Å². The van der Waals surface area contributed by atoms with Gasteiger partial charge in [-0.2, -0.15) is 0 Å². The van der Waals surface area contributed by atoms with Crippen LogP contribution in [0.25, 0.3) is 0 Å². The minimum absolute atomic E-state index is 0.00877. The maximum atomic E-state index is 12.4. The van der Waals surface area contributed by atoms with Gasteiger partial charge in [-0.15, -0.1) is 10.2 Å². The Morgan fingerprint density at radius 3 is 2.00 bits per heavy atom. The van der Waals surface area contributed by atoms with E-state index in [2.05, 4.69) is 39.0 Å². The van der Waals surface area contributed by atoms with Crippen LogP contribution in [0.15, 0.2) is 12.1 Å². The van der Waals surface area contributed by atoms with Gasteiger partial charge in [-0.05, 0) is 26.2 Å². The third kappa shape index (κ3) is 3.36. The quantitative estimate of drug-likeness (QED) is 0.742. The zero-order valence-electron chi connectivity index (χ0n) is 13.4. The first-order valence-electron chi connectivity index (χ1n) is 7.88. The molecule has 7 nitrogen and oxygen atoms in total. The van der Waals surface area contributed by atoms with E-state index in [9.17, 15) is 4.79 Å². The average Bonchev–Trinajstić information content (AvgIpc) is 2.56. The van der Waals surface area contributed by atoms with E-state index in [-0.39, 0.29) is 5.91 Å². The molecule has 3 rings (SSSR count). The maximum Gasteiger partial charge on any atom is 0.274 e. The van der Waals surface area contributed by atoms with Gasteiger partial charge in [0, 0.05) is 52.4 Å². The van der Waals surface area contributed by atoms with Crippen LogP contribution in [0.3, 0.4) is 0 Å². The van der Waals surface area contributed by atoms with Crippen LogP contribution < -0.4 is 4.90 Å². The first-order chi connectivity index (χ1) is 10.6. The van der Waals surface area contributed by atoms with Crippen molar-refractivity contribution in [3.8, 4) is 0 Å². The van der Waals surface area contributed by atoms with Gasteiger partial charge >= 0.3 is 0 Å². The molecule has 22 heavy (non-hydrogen) atoms. The Morgan fingerprint density at radius 1 is 0.864 bits per heavy atom. The second-order valence-electron chi connectivity index (χ2n) is 6.16. The number of anilines is 1. The summed E-state index contributed by atoms with van der Waals surface area (Å²) in [5.41, 5.74) is 0.447. The Hall–Kier alpha value is -1.73. The van der Waals surface area contributed by atoms with Crippen molar-refractivity contribution < 1.29 is 4.79 Å². The highest BCUT2D eigenvalue weighted by molar-refractivity contribution is 5.92. The highest BCUT2D eigenvalue weighted by Crippen LogP contribution is 2.13. The van der Waals surface area contributed by atoms with Crippen molar-refractivity contribution in [2.24, 2.45) is 0 Å². The monoisotopic (exact) mass is 304 g/mol. The highest BCUT2D eigenvalue weighted by Gasteiger charge is 2.22. The number of amides is 1. The molecular formula is C15H24N6O. The van der Waals surface area contributed by atoms with Gasteiger partial charge in [0.05, 0.1) is 0 Å². The van der Waals surface area contributed by atoms with E-state index >= 15 is 0 Å². The van der Waals surface area contributed by atoms with Crippen LogP contribution in [0.4, 0.5) is 5.82 Å². The van der Waals surface area contributed by atoms with Gasteiger partial charge in [0.2, 0.25) is 0 Å². The number of carbonyl (C=O) groups is 1. The lowest BCUT2D eigenvalue weighted by atomic mass is 10.2. The fourth-order valence-electron chi connectivity index (χ4n) is 2.82. The molecule has 2 fully saturated rings. The zero-order chi connectivity index (χ0) is 15.5. The van der Waals surface area contributed by atoms with E-state index in [1.165, 1.54) is 0 Å². The SMILES string of the molecule is CN1CCN(C(=O)c2ccc(N3CCN(C)CC3)nn2)CC1. The predicted molar refractivity (Wildman–Crippen MR) is 85.1 cm³/mol. The molecule has 120 valence electrons. The normalized spacial score (nSPS) is 21.2. The van der Waals surface area contributed by atoms with E-state index in [1.807, 2.05) is 11.0 Å². The highest BCUT2D eigenvalue weighted by atomic mass is 16.2. The molecule has 0 atom stereocenters. The molecule has 0 bridgehead atoms. The molecule has 7 heteroatoms. The fourth-order valence-corrected chi connectivity index (χ4v) is 2.82. The Morgan fingerprint density at radius 2 is 1.45 bits per heavy atom. The molecule has 0 spiro atoms. The standard InChI is InChI=1S/C15H24N6O/c1-18-5-9-20(10-6-18)14-4-3-13(16-17-14)15(22)21-11-7-19(2)8-12-21/h3-4H,5-12H2,1-2H3. The minimum atomic E-state index is -0.00877. The van der Waals surface area contributed by atoms with E-state index in [1.54, 1.807) is 6.07 Å². The average molecular weight is 304 g/mol. The molecule has 2 aliphatic rings. The lowest BCUT2D eigenvalue weighted by molar-refractivity contribution is 0.0657. The van der Waals surface area contributed by atoms with Crippen LogP contribution in [0.5, 0.6) is 0 Å². The molecule has 2 saturated heterocycles. The topological polar surface area (TPSA) is 55.8 Å². The van der Waals surface area contributed by atoms with Gasteiger partial charge in [-0.25, -0.2) is 0 Å². The summed E-state index contributed by atoms with van der Waals surface area (Å²) >= 11 is 0. The number of likely N-dealkylation sites (N-methyl/N-ethyl adjacent to an activating group) is 2. The second-order valence-corrected chi connectivity index (χ2v) is 6.16. The summed E-state index contributed by atoms with van der Waals surface area (Å²) in [6, 6.07) is 3.73. The molecule has 0 saturated carbocycles. The molecule has 1 aromatic heterocycles. The van der Waals surface area contributed by atoms with Crippen molar-refractivity contribution in [2.75, 3.05) is 71.4 Å². The van der Waals surface area contributed by atoms with Crippen molar-refractivity contribution in [1.29, 1.82) is 0 Å². The third-order valence-electron chi connectivity index (χ3n) is 4.49. The lowest BCUT2D eigenvalue weighted by Crippen LogP contribution is -2.47. The van der Waals surface area contributed by atoms with Gasteiger partial charge in [0.15, 0.2) is 11.5 Å². The third-order valence-corrected chi connectivity index (χ3v) is 4.49. The number of carbonyl (C=O) groups excluding carboxylic acids is 1. The van der Waals surface area contributed by atoms with E-state index in [0.717, 1.165) is 58.2 Å². The number of piperazine rings is 2. The largest absolute Gasteiger partial charge is 0.353 e. The smallest absolute Gasteiger partial charge is 0.274 e. The van der Waals surface area contributed by atoms with Crippen LogP contribution in [-0.2, 0) is 0 Å². The molecule has 2 aliphatic heterocycles. The Balaban J connectivity index is 1.62. The lowest BCUT2D eigenvalue weighted by Gasteiger charge is -2.33. The number of nitrogens with zero attached hydrogens (tertiary/aromatic N) is 6. The van der Waals surface area contributed by atoms with Gasteiger partial charge in [0.25, 0.3) is 5.91 Å². The molecule has 0 radical (unpaired) electrons. The van der Waals surface area contributed by atoms with Crippen molar-refractivity contribution in [2.45, 2.75) is 0 Å². The summed E-state index contributed by atoms with van der Waals surface area (Å²) in [6.07, 6.45) is 0. The number of rotatable bonds is 2. The fraction of sp³-hybridized carbons (Fsp3) is 0.667. The first-order valence-corrected chi connectivity index (χ1v) is 7.88. The van der Waals surface area contributed by atoms with Crippen molar-refractivity contribution in [3.63, 3.8) is 0 Å². The van der Waals surface area contributed by atoms with Crippen LogP contribution in [0.2, 0.25) is 0 Å². The molecule has 1 amide bonds. The summed E-state index contributed by atoms with van der Waals surface area (Å²) in [5.74, 6) is 0.855. The first kappa shape index (κ1) is 15.2. The molecule has 0 aromatic carbocycles. The summed E-state index contributed by atoms with van der Waals surface area (Å²) < 4.78 is 0. The summed E-state index contributed by atoms with van der Waals surface area (Å²) in [6.45, 7) is 7.33. The molecule has 1 aromatic rings. The van der Waals surface area contributed by atoms with Gasteiger partial charge in [-0.1, -0.05) is 0 Å². The van der Waals surface area contributed by atoms with E-state index in [4.69, 9.17) is 0 Å². The predicted octanol–water partition coefficient (Wildman–Crippen LogP) is -0.384. The number of aromatic nitrogens is 2. The summed E-state index contributed by atoms with van der Waals surface area (Å²) in [5, 5.41) is 8.41. The molecule has 0 unspecified atom stereocenters. The molecule has 0 aliphatic carbocycles. The maximum absolute atomic E-state index is 12.4. The Labute approximate surface area is 131 Å². The van der Waals surface area contributed by atoms with Crippen LogP contribution in [-0.4, -0.2) is 97.3 Å². The zero-order valence-corrected chi connectivity index (χ0v) is 13.4. The number of hydrogen-bond donors (Lipinski definition) is 0. The Kier molecular flexibility index (Phi) is 4.54. The van der Waals surface area contributed by atoms with Crippen molar-refractivity contribution >= 4 is 11.7 Å². The van der Waals surface area contributed by atoms with E-state index in [0.29, 0.717) is 5.69 Å². The van der Waals surface area contributed by atoms with Crippen LogP contribution >= 0.6 is 0 Å². The molecule has 0 N–H and O–H groups in total. The minimum Gasteiger partial charge on any atom is -0.353 e. The van der Waals surface area contributed by atoms with Crippen molar-refractivity contribution in [3.05, 3.63) is 17.8 Å².